The van der Waals surface area contributed by atoms with Crippen molar-refractivity contribution >= 4 is 17.7 Å². The van der Waals surface area contributed by atoms with Gasteiger partial charge in [0.25, 0.3) is 0 Å². The van der Waals surface area contributed by atoms with E-state index in [2.05, 4.69) is 0 Å². The molecule has 0 aromatic heterocycles. The van der Waals surface area contributed by atoms with E-state index in [-0.39, 0.29) is 31.3 Å². The van der Waals surface area contributed by atoms with Crippen LogP contribution in [0.15, 0.2) is 18.2 Å². The molecule has 0 bridgehead atoms. The van der Waals surface area contributed by atoms with E-state index in [4.69, 9.17) is 18.9 Å². The van der Waals surface area contributed by atoms with Crippen LogP contribution >= 0.6 is 0 Å². The number of ether oxygens (including phenoxy) is 4. The second-order valence-corrected chi connectivity index (χ2v) is 5.99. The Balaban J connectivity index is 2.54. The van der Waals surface area contributed by atoms with Gasteiger partial charge >= 0.3 is 5.97 Å². The van der Waals surface area contributed by atoms with E-state index >= 15 is 0 Å². The summed E-state index contributed by atoms with van der Waals surface area (Å²) in [6.07, 6.45) is 0.680. The van der Waals surface area contributed by atoms with Crippen LogP contribution in [-0.4, -0.2) is 69.7 Å². The predicted molar refractivity (Wildman–Crippen MR) is 103 cm³/mol. The highest BCUT2D eigenvalue weighted by molar-refractivity contribution is 5.94. The molecule has 28 heavy (non-hydrogen) atoms. The molecule has 0 saturated heterocycles. The van der Waals surface area contributed by atoms with E-state index in [0.717, 1.165) is 0 Å². The Bertz CT molecular complexity index is 660. The molecule has 0 radical (unpaired) electrons. The summed E-state index contributed by atoms with van der Waals surface area (Å²) in [6.45, 7) is 4.30. The van der Waals surface area contributed by atoms with Crippen LogP contribution in [-0.2, 0) is 19.1 Å². The third kappa shape index (κ3) is 7.96. The second-order valence-electron chi connectivity index (χ2n) is 5.99. The zero-order chi connectivity index (χ0) is 20.9. The molecular formula is C20H29NO7. The predicted octanol–water partition coefficient (Wildman–Crippen LogP) is 2.09. The summed E-state index contributed by atoms with van der Waals surface area (Å²) in [5.41, 5.74) is 0.534. The fraction of sp³-hybridized carbons (Fsp3) is 0.550. The van der Waals surface area contributed by atoms with Crippen LogP contribution in [0, 0.1) is 0 Å². The van der Waals surface area contributed by atoms with E-state index in [1.807, 2.05) is 0 Å². The average molecular weight is 395 g/mol. The number of carbonyl (C=O) groups is 3. The number of esters is 1. The fourth-order valence-electron chi connectivity index (χ4n) is 2.43. The third-order valence-corrected chi connectivity index (χ3v) is 3.91. The summed E-state index contributed by atoms with van der Waals surface area (Å²) in [5, 5.41) is 0. The lowest BCUT2D eigenvalue weighted by Crippen LogP contribution is -2.38. The lowest BCUT2D eigenvalue weighted by Gasteiger charge is -2.21. The molecular weight excluding hydrogens is 366 g/mol. The number of Topliss-reactive ketones (excluding diaryl/α,β-unsaturated/α-hetero) is 1. The minimum Gasteiger partial charge on any atom is -0.493 e. The molecule has 0 heterocycles. The molecule has 0 aliphatic heterocycles. The largest absolute Gasteiger partial charge is 0.493 e. The number of methoxy groups -OCH3 is 2. The number of rotatable bonds is 13. The normalized spacial score (nSPS) is 10.3. The number of carbonyl (C=O) groups excluding carboxylic acids is 3. The summed E-state index contributed by atoms with van der Waals surface area (Å²) in [5.74, 6) is 0.282. The lowest BCUT2D eigenvalue weighted by molar-refractivity contribution is -0.149. The van der Waals surface area contributed by atoms with Crippen LogP contribution < -0.4 is 9.47 Å². The molecule has 0 spiro atoms. The Hall–Kier alpha value is -2.61. The molecule has 1 aromatic carbocycles. The zero-order valence-electron chi connectivity index (χ0n) is 17.0. The highest BCUT2D eigenvalue weighted by Gasteiger charge is 2.17. The van der Waals surface area contributed by atoms with Gasteiger partial charge in [0.05, 0.1) is 26.9 Å². The number of ketones is 1. The van der Waals surface area contributed by atoms with E-state index in [0.29, 0.717) is 43.2 Å². The summed E-state index contributed by atoms with van der Waals surface area (Å²) >= 11 is 0. The maximum Gasteiger partial charge on any atom is 0.325 e. The quantitative estimate of drug-likeness (QED) is 0.287. The van der Waals surface area contributed by atoms with Crippen LogP contribution in [0.25, 0.3) is 0 Å². The van der Waals surface area contributed by atoms with Gasteiger partial charge in [0.1, 0.15) is 6.54 Å². The van der Waals surface area contributed by atoms with Crippen molar-refractivity contribution in [2.75, 3.05) is 47.1 Å². The Morgan fingerprint density at radius 2 is 1.82 bits per heavy atom. The van der Waals surface area contributed by atoms with E-state index in [1.165, 1.54) is 26.0 Å². The van der Waals surface area contributed by atoms with Crippen molar-refractivity contribution in [3.8, 4) is 11.5 Å². The number of nitrogens with zero attached hydrogens (tertiary/aromatic N) is 1. The van der Waals surface area contributed by atoms with Gasteiger partial charge in [-0.1, -0.05) is 0 Å². The van der Waals surface area contributed by atoms with Crippen molar-refractivity contribution in [3.63, 3.8) is 0 Å². The number of hydrogen-bond acceptors (Lipinski definition) is 7. The number of benzene rings is 1. The molecule has 156 valence electrons. The molecule has 8 nitrogen and oxygen atoms in total. The molecule has 0 fully saturated rings. The minimum atomic E-state index is -0.446. The Morgan fingerprint density at radius 1 is 1.07 bits per heavy atom. The molecule has 1 amide bonds. The van der Waals surface area contributed by atoms with Crippen molar-refractivity contribution in [1.82, 2.24) is 4.90 Å². The van der Waals surface area contributed by atoms with Gasteiger partial charge in [0.2, 0.25) is 5.91 Å². The SMILES string of the molecule is CCOC(=O)CN(CCOC)C(=O)CCCOc1ccc(C(C)=O)cc1OC. The first-order valence-corrected chi connectivity index (χ1v) is 9.17. The number of hydrogen-bond donors (Lipinski definition) is 0. The fourth-order valence-corrected chi connectivity index (χ4v) is 2.43. The molecule has 1 aromatic rings. The van der Waals surface area contributed by atoms with Crippen molar-refractivity contribution in [2.24, 2.45) is 0 Å². The lowest BCUT2D eigenvalue weighted by atomic mass is 10.1. The summed E-state index contributed by atoms with van der Waals surface area (Å²) in [4.78, 5) is 36.9. The maximum absolute atomic E-state index is 12.4. The number of amides is 1. The summed E-state index contributed by atoms with van der Waals surface area (Å²) in [6, 6.07) is 4.95. The van der Waals surface area contributed by atoms with Gasteiger partial charge in [-0.3, -0.25) is 14.4 Å². The van der Waals surface area contributed by atoms with Crippen LogP contribution in [0.2, 0.25) is 0 Å². The minimum absolute atomic E-state index is 0.0619. The van der Waals surface area contributed by atoms with Gasteiger partial charge in [-0.05, 0) is 38.5 Å². The Kier molecular flexibility index (Phi) is 10.6. The van der Waals surface area contributed by atoms with Gasteiger partial charge in [0, 0.05) is 25.6 Å². The van der Waals surface area contributed by atoms with Gasteiger partial charge < -0.3 is 23.8 Å². The van der Waals surface area contributed by atoms with E-state index in [9.17, 15) is 14.4 Å². The van der Waals surface area contributed by atoms with Gasteiger partial charge in [-0.25, -0.2) is 0 Å². The van der Waals surface area contributed by atoms with Crippen LogP contribution in [0.5, 0.6) is 11.5 Å². The molecule has 0 saturated carbocycles. The molecule has 0 N–H and O–H groups in total. The van der Waals surface area contributed by atoms with Crippen molar-refractivity contribution in [2.45, 2.75) is 26.7 Å². The molecule has 8 heteroatoms. The smallest absolute Gasteiger partial charge is 0.325 e. The van der Waals surface area contributed by atoms with Crippen molar-refractivity contribution in [1.29, 1.82) is 0 Å². The van der Waals surface area contributed by atoms with Gasteiger partial charge in [-0.2, -0.15) is 0 Å². The zero-order valence-corrected chi connectivity index (χ0v) is 17.0. The van der Waals surface area contributed by atoms with E-state index < -0.39 is 5.97 Å². The first-order chi connectivity index (χ1) is 13.4. The second kappa shape index (κ2) is 12.7. The standard InChI is InChI=1S/C20H29NO7/c1-5-27-20(24)14-21(10-12-25-3)19(23)7-6-11-28-17-9-8-16(15(2)22)13-18(17)26-4/h8-9,13H,5-7,10-12,14H2,1-4H3. The molecule has 0 aliphatic carbocycles. The van der Waals surface area contributed by atoms with Gasteiger partial charge in [0.15, 0.2) is 17.3 Å². The first kappa shape index (κ1) is 23.4. The molecule has 0 atom stereocenters. The van der Waals surface area contributed by atoms with Gasteiger partial charge in [-0.15, -0.1) is 0 Å². The van der Waals surface area contributed by atoms with Crippen LogP contribution in [0.1, 0.15) is 37.0 Å². The highest BCUT2D eigenvalue weighted by atomic mass is 16.5. The van der Waals surface area contributed by atoms with Crippen LogP contribution in [0.4, 0.5) is 0 Å². The Morgan fingerprint density at radius 3 is 2.43 bits per heavy atom. The van der Waals surface area contributed by atoms with E-state index in [1.54, 1.807) is 25.1 Å². The van der Waals surface area contributed by atoms with Crippen molar-refractivity contribution < 1.29 is 33.3 Å². The van der Waals surface area contributed by atoms with Crippen molar-refractivity contribution in [3.05, 3.63) is 23.8 Å². The highest BCUT2D eigenvalue weighted by Crippen LogP contribution is 2.28. The average Bonchev–Trinajstić information content (AvgIpc) is 2.68. The summed E-state index contributed by atoms with van der Waals surface area (Å²) < 4.78 is 20.8. The molecule has 0 unspecified atom stereocenters. The first-order valence-electron chi connectivity index (χ1n) is 9.17. The monoisotopic (exact) mass is 395 g/mol. The topological polar surface area (TPSA) is 91.4 Å². The van der Waals surface area contributed by atoms with Crippen LogP contribution in [0.3, 0.4) is 0 Å². The third-order valence-electron chi connectivity index (χ3n) is 3.91. The molecule has 1 rings (SSSR count). The Labute approximate surface area is 165 Å². The molecule has 0 aliphatic rings. The maximum atomic E-state index is 12.4. The summed E-state index contributed by atoms with van der Waals surface area (Å²) in [7, 11) is 3.03.